The van der Waals surface area contributed by atoms with Gasteiger partial charge in [-0.3, -0.25) is 9.59 Å². The normalized spacial score (nSPS) is 19.0. The molecule has 6 aromatic rings. The van der Waals surface area contributed by atoms with Crippen molar-refractivity contribution in [1.82, 2.24) is 44.3 Å². The summed E-state index contributed by atoms with van der Waals surface area (Å²) >= 11 is 12.6. The lowest BCUT2D eigenvalue weighted by Crippen LogP contribution is -2.31. The van der Waals surface area contributed by atoms with Crippen molar-refractivity contribution in [3.05, 3.63) is 130 Å². The summed E-state index contributed by atoms with van der Waals surface area (Å²) in [6.07, 6.45) is 24.2. The molecule has 0 radical (unpaired) electrons. The Morgan fingerprint density at radius 1 is 0.583 bits per heavy atom. The van der Waals surface area contributed by atoms with Crippen molar-refractivity contribution in [3.8, 4) is 23.4 Å². The van der Waals surface area contributed by atoms with Crippen LogP contribution in [-0.2, 0) is 32.9 Å². The fourth-order valence-electron chi connectivity index (χ4n) is 11.2. The van der Waals surface area contributed by atoms with E-state index in [1.165, 1.54) is 116 Å². The minimum Gasteiger partial charge on any atom is -0.477 e. The van der Waals surface area contributed by atoms with E-state index in [-0.39, 0.29) is 36.8 Å². The molecule has 84 heavy (non-hydrogen) atoms. The second kappa shape index (κ2) is 26.4. The number of rotatable bonds is 26. The predicted octanol–water partition coefficient (Wildman–Crippen LogP) is 12.9. The quantitative estimate of drug-likeness (QED) is 0.0340. The molecule has 4 fully saturated rings. The van der Waals surface area contributed by atoms with Crippen molar-refractivity contribution < 1.29 is 35.9 Å². The summed E-state index contributed by atoms with van der Waals surface area (Å²) in [6.45, 7) is 16.0. The summed E-state index contributed by atoms with van der Waals surface area (Å²) < 4.78 is 70.4. The third kappa shape index (κ3) is 17.6. The minimum absolute atomic E-state index is 0.0133. The lowest BCUT2D eigenvalue weighted by Gasteiger charge is -2.17. The van der Waals surface area contributed by atoms with Crippen LogP contribution < -0.4 is 24.2 Å². The van der Waals surface area contributed by atoms with E-state index in [4.69, 9.17) is 32.7 Å². The number of pyridine rings is 2. The van der Waals surface area contributed by atoms with Crippen LogP contribution in [0.4, 0.5) is 0 Å². The maximum absolute atomic E-state index is 12.9. The number of unbranched alkanes of at least 4 members (excludes halogenated alkanes) is 2. The molecule has 0 spiro atoms. The first kappa shape index (κ1) is 62.7. The zero-order chi connectivity index (χ0) is 59.9. The van der Waals surface area contributed by atoms with Gasteiger partial charge in [0.15, 0.2) is 11.6 Å². The van der Waals surface area contributed by atoms with Crippen molar-refractivity contribution in [2.45, 2.75) is 172 Å². The lowest BCUT2D eigenvalue weighted by molar-refractivity contribution is 0.0972. The van der Waals surface area contributed by atoms with Crippen LogP contribution in [0.5, 0.6) is 11.8 Å². The number of hydrogen-bond donors (Lipinski definition) is 3. The van der Waals surface area contributed by atoms with Gasteiger partial charge in [0.05, 0.1) is 34.1 Å². The van der Waals surface area contributed by atoms with Crippen molar-refractivity contribution in [3.63, 3.8) is 0 Å². The van der Waals surface area contributed by atoms with Crippen LogP contribution in [0.25, 0.3) is 11.6 Å². The van der Waals surface area contributed by atoms with Gasteiger partial charge in [-0.05, 0) is 204 Å². The highest BCUT2D eigenvalue weighted by Gasteiger charge is 2.38. The standard InChI is InChI=1S/C32H41ClN4O4S.C31H40ClN5O4S/c1-31(2)16-14-24(22-31)7-5-4-6-23-8-10-25(11-9-23)42(39,40)36-30(38)26-12-13-27(34-29(26)33)37-20-15-28(35-37)41-21-19-32(3)17-18-32;1-30(2)20-23(21-33-30)7-5-4-6-22-8-10-24(11-9-22)42(39,40)36-29(38)25-12-13-26(34-28(25)32)37-18-14-27(35-37)41-19-17-31(3)15-16-31/h8-13,15,20,24H,4-7,14,16-19,21-22H2,1-3H3,(H,36,38);8-14,18,23,33H,4-7,15-17,19-21H2,1-3H3,(H,36,38). The highest BCUT2D eigenvalue weighted by atomic mass is 35.5. The first-order valence-corrected chi connectivity index (χ1v) is 33.3. The molecule has 10 rings (SSSR count). The van der Waals surface area contributed by atoms with Crippen LogP contribution in [0, 0.1) is 28.1 Å². The summed E-state index contributed by atoms with van der Waals surface area (Å²) in [5.41, 5.74) is 3.57. The number of ether oxygens (including phenoxy) is 2. The Labute approximate surface area is 505 Å². The highest BCUT2D eigenvalue weighted by Crippen LogP contribution is 2.49. The van der Waals surface area contributed by atoms with Crippen molar-refractivity contribution in [2.24, 2.45) is 28.1 Å². The van der Waals surface area contributed by atoms with Crippen LogP contribution in [0.15, 0.2) is 107 Å². The second-order valence-corrected chi connectivity index (χ2v) is 29.9. The van der Waals surface area contributed by atoms with Gasteiger partial charge in [0.2, 0.25) is 11.8 Å². The smallest absolute Gasteiger partial charge is 0.268 e. The average Bonchev–Trinajstić information content (AvgIpc) is 4.11. The zero-order valence-corrected chi connectivity index (χ0v) is 52.4. The van der Waals surface area contributed by atoms with Crippen LogP contribution >= 0.6 is 23.2 Å². The number of halogens is 2. The third-order valence-electron chi connectivity index (χ3n) is 17.2. The molecule has 17 nitrogen and oxygen atoms in total. The number of amides is 2. The molecule has 3 N–H and O–H groups in total. The lowest BCUT2D eigenvalue weighted by atomic mass is 9.89. The van der Waals surface area contributed by atoms with E-state index in [9.17, 15) is 26.4 Å². The molecule has 4 aromatic heterocycles. The van der Waals surface area contributed by atoms with Crippen LogP contribution in [-0.4, -0.2) is 83.5 Å². The van der Waals surface area contributed by atoms with Gasteiger partial charge in [-0.15, -0.1) is 10.2 Å². The Bertz CT molecular complexity index is 3260. The van der Waals surface area contributed by atoms with E-state index in [1.807, 2.05) is 12.1 Å². The largest absolute Gasteiger partial charge is 0.477 e. The predicted molar refractivity (Wildman–Crippen MR) is 326 cm³/mol. The van der Waals surface area contributed by atoms with E-state index in [2.05, 4.69) is 76.5 Å². The van der Waals surface area contributed by atoms with Crippen LogP contribution in [0.3, 0.4) is 0 Å². The van der Waals surface area contributed by atoms with Gasteiger partial charge in [-0.1, -0.05) is 94.4 Å². The average molecular weight is 1230 g/mol. The van der Waals surface area contributed by atoms with Crippen LogP contribution in [0.2, 0.25) is 10.3 Å². The van der Waals surface area contributed by atoms with E-state index in [0.717, 1.165) is 74.5 Å². The van der Waals surface area contributed by atoms with E-state index >= 15 is 0 Å². The summed E-state index contributed by atoms with van der Waals surface area (Å²) in [6, 6.07) is 22.8. The molecule has 2 amide bonds. The molecular formula is C63H81Cl2N9O8S2. The Hall–Kier alpha value is -5.86. The molecule has 3 aliphatic carbocycles. The molecule has 2 atom stereocenters. The fraction of sp³-hybridized carbons (Fsp3) is 0.524. The van der Waals surface area contributed by atoms with Crippen molar-refractivity contribution in [1.29, 1.82) is 0 Å². The Balaban J connectivity index is 0.000000202. The molecule has 3 saturated carbocycles. The SMILES string of the molecule is CC1(C)CCC(CCCCc2ccc(S(=O)(=O)NC(=O)c3ccc(-n4ccc(OCCC5(C)CC5)n4)nc3Cl)cc2)C1.CC1(CCOc2ccn(-c3ccc(C(=O)NS(=O)(=O)c4ccc(CCCCC5CNC(C)(C)C5)cc4)c(Cl)n3)n2)CC1. The molecule has 452 valence electrons. The van der Waals surface area contributed by atoms with Crippen molar-refractivity contribution >= 4 is 55.1 Å². The summed E-state index contributed by atoms with van der Waals surface area (Å²) in [7, 11) is -8.17. The molecule has 1 saturated heterocycles. The molecule has 2 aromatic carbocycles. The summed E-state index contributed by atoms with van der Waals surface area (Å²) in [5.74, 6) is 1.56. The van der Waals surface area contributed by atoms with Gasteiger partial charge in [0.1, 0.15) is 10.3 Å². The molecule has 4 aliphatic rings. The minimum atomic E-state index is -4.09. The van der Waals surface area contributed by atoms with Gasteiger partial charge < -0.3 is 14.8 Å². The van der Waals surface area contributed by atoms with Gasteiger partial charge >= 0.3 is 0 Å². The number of carbonyl (C=O) groups is 2. The molecule has 0 bridgehead atoms. The molecule has 5 heterocycles. The first-order chi connectivity index (χ1) is 39.8. The van der Waals surface area contributed by atoms with Gasteiger partial charge in [-0.2, -0.15) is 0 Å². The van der Waals surface area contributed by atoms with Crippen molar-refractivity contribution in [2.75, 3.05) is 19.8 Å². The topological polar surface area (TPSA) is 218 Å². The number of hydrogen-bond acceptors (Lipinski definition) is 13. The third-order valence-corrected chi connectivity index (χ3v) is 20.5. The van der Waals surface area contributed by atoms with Gasteiger partial charge in [-0.25, -0.2) is 45.6 Å². The number of aryl methyl sites for hydroxylation is 2. The van der Waals surface area contributed by atoms with Crippen LogP contribution in [0.1, 0.15) is 176 Å². The fourth-order valence-corrected chi connectivity index (χ4v) is 13.6. The Morgan fingerprint density at radius 2 is 1.02 bits per heavy atom. The maximum Gasteiger partial charge on any atom is 0.268 e. The number of carbonyl (C=O) groups excluding carboxylic acids is 2. The van der Waals surface area contributed by atoms with Gasteiger partial charge in [0, 0.05) is 30.1 Å². The van der Waals surface area contributed by atoms with Gasteiger partial charge in [0.25, 0.3) is 31.9 Å². The molecular weight excluding hydrogens is 1150 g/mol. The Morgan fingerprint density at radius 3 is 1.40 bits per heavy atom. The number of benzene rings is 2. The summed E-state index contributed by atoms with van der Waals surface area (Å²) in [4.78, 5) is 34.2. The number of aromatic nitrogens is 6. The second-order valence-electron chi connectivity index (χ2n) is 25.8. The molecule has 1 aliphatic heterocycles. The highest BCUT2D eigenvalue weighted by molar-refractivity contribution is 7.90. The van der Waals surface area contributed by atoms with E-state index in [0.29, 0.717) is 52.9 Å². The number of nitrogens with one attached hydrogen (secondary N) is 3. The van der Waals surface area contributed by atoms with E-state index in [1.54, 1.807) is 48.8 Å². The zero-order valence-electron chi connectivity index (χ0n) is 49.3. The number of nitrogens with zero attached hydrogens (tertiary/aromatic N) is 6. The van der Waals surface area contributed by atoms with E-state index < -0.39 is 31.9 Å². The first-order valence-electron chi connectivity index (χ1n) is 29.6. The Kier molecular flexibility index (Phi) is 19.7. The molecule has 2 unspecified atom stereocenters. The monoisotopic (exact) mass is 1230 g/mol. The number of sulfonamides is 2. The maximum atomic E-state index is 12.9. The summed E-state index contributed by atoms with van der Waals surface area (Å²) in [5, 5.41) is 12.0. The molecule has 21 heteroatoms.